The molecule has 2 saturated heterocycles. The van der Waals surface area contributed by atoms with Gasteiger partial charge >= 0.3 is 0 Å². The zero-order chi connectivity index (χ0) is 24.4. The number of hydrogen-bond donors (Lipinski definition) is 3. The lowest BCUT2D eigenvalue weighted by atomic mass is 10.1. The van der Waals surface area contributed by atoms with E-state index in [1.807, 2.05) is 42.8 Å². The van der Waals surface area contributed by atoms with Crippen LogP contribution in [-0.4, -0.2) is 70.7 Å². The number of nitrogens with one attached hydrogen (secondary N) is 2. The van der Waals surface area contributed by atoms with Crippen LogP contribution < -0.4 is 15.6 Å². The highest BCUT2D eigenvalue weighted by molar-refractivity contribution is 5.84. The van der Waals surface area contributed by atoms with E-state index in [4.69, 9.17) is 9.15 Å². The van der Waals surface area contributed by atoms with Crippen LogP contribution in [0.3, 0.4) is 0 Å². The number of amides is 1. The third-order valence-electron chi connectivity index (χ3n) is 6.73. The minimum Gasteiger partial charge on any atom is -0.464 e. The van der Waals surface area contributed by atoms with Gasteiger partial charge in [0, 0.05) is 69.0 Å². The zero-order valence-electron chi connectivity index (χ0n) is 20.3. The van der Waals surface area contributed by atoms with Gasteiger partial charge < -0.3 is 19.2 Å². The molecule has 0 saturated carbocycles. The molecule has 1 unspecified atom stereocenters. The molecule has 186 valence electrons. The summed E-state index contributed by atoms with van der Waals surface area (Å²) in [6, 6.07) is 10.1. The monoisotopic (exact) mass is 479 g/mol. The number of fused-ring (bicyclic) bond motifs is 1. The Morgan fingerprint density at radius 1 is 1.23 bits per heavy atom. The number of aliphatic hydroxyl groups is 1. The summed E-state index contributed by atoms with van der Waals surface area (Å²) in [5.74, 6) is 1.03. The molecule has 5 rings (SSSR count). The summed E-state index contributed by atoms with van der Waals surface area (Å²) in [5, 5.41) is 11.0. The minimum absolute atomic E-state index is 0.203. The van der Waals surface area contributed by atoms with Gasteiger partial charge in [0.15, 0.2) is 0 Å². The number of furan rings is 1. The molecule has 9 nitrogen and oxygen atoms in total. The third kappa shape index (κ3) is 5.48. The van der Waals surface area contributed by atoms with E-state index in [1.165, 1.54) is 0 Å². The molecule has 2 aromatic heterocycles. The highest BCUT2D eigenvalue weighted by Crippen LogP contribution is 2.29. The molecule has 4 heterocycles. The predicted molar refractivity (Wildman–Crippen MR) is 132 cm³/mol. The van der Waals surface area contributed by atoms with Crippen LogP contribution in [0.1, 0.15) is 37.4 Å². The molecule has 0 spiro atoms. The second kappa shape index (κ2) is 9.94. The Morgan fingerprint density at radius 3 is 2.74 bits per heavy atom. The number of benzene rings is 1. The van der Waals surface area contributed by atoms with E-state index in [9.17, 15) is 9.90 Å². The van der Waals surface area contributed by atoms with Crippen molar-refractivity contribution in [2.45, 2.75) is 38.3 Å². The average molecular weight is 480 g/mol. The quantitative estimate of drug-likeness (QED) is 0.475. The van der Waals surface area contributed by atoms with E-state index in [2.05, 4.69) is 20.7 Å². The summed E-state index contributed by atoms with van der Waals surface area (Å²) in [6.07, 6.45) is 5.57. The van der Waals surface area contributed by atoms with E-state index in [1.54, 1.807) is 18.7 Å². The van der Waals surface area contributed by atoms with Crippen LogP contribution in [0.4, 0.5) is 0 Å². The lowest BCUT2D eigenvalue weighted by Crippen LogP contribution is -2.54. The van der Waals surface area contributed by atoms with Crippen LogP contribution >= 0.6 is 0 Å². The van der Waals surface area contributed by atoms with Gasteiger partial charge in [0.05, 0.1) is 6.26 Å². The summed E-state index contributed by atoms with van der Waals surface area (Å²) >= 11 is 0. The van der Waals surface area contributed by atoms with Crippen molar-refractivity contribution < 1.29 is 19.1 Å². The van der Waals surface area contributed by atoms with E-state index in [0.29, 0.717) is 24.7 Å². The average Bonchev–Trinajstić information content (AvgIpc) is 3.53. The normalized spacial score (nSPS) is 19.4. The summed E-state index contributed by atoms with van der Waals surface area (Å²) in [4.78, 5) is 20.8. The maximum Gasteiger partial charge on any atom is 0.254 e. The molecule has 35 heavy (non-hydrogen) atoms. The summed E-state index contributed by atoms with van der Waals surface area (Å²) in [6.45, 7) is 7.80. The van der Waals surface area contributed by atoms with Crippen LogP contribution in [0.2, 0.25) is 0 Å². The minimum atomic E-state index is -1.31. The highest BCUT2D eigenvalue weighted by Gasteiger charge is 2.31. The Hall–Kier alpha value is -2.98. The summed E-state index contributed by atoms with van der Waals surface area (Å²) in [7, 11) is 0. The molecule has 2 fully saturated rings. The van der Waals surface area contributed by atoms with Gasteiger partial charge in [0.1, 0.15) is 16.9 Å². The lowest BCUT2D eigenvalue weighted by molar-refractivity contribution is -0.149. The van der Waals surface area contributed by atoms with Gasteiger partial charge in [-0.3, -0.25) is 20.5 Å². The first kappa shape index (κ1) is 23.7. The topological polar surface area (TPSA) is 103 Å². The second-order valence-electron chi connectivity index (χ2n) is 9.81. The van der Waals surface area contributed by atoms with Gasteiger partial charge in [0.25, 0.3) is 5.91 Å². The van der Waals surface area contributed by atoms with Crippen LogP contribution in [0.15, 0.2) is 47.2 Å². The Labute approximate surface area is 205 Å². The Bertz CT molecular complexity index is 1160. The van der Waals surface area contributed by atoms with Crippen LogP contribution in [0.5, 0.6) is 11.6 Å². The number of pyridine rings is 1. The predicted octanol–water partition coefficient (Wildman–Crippen LogP) is 2.62. The maximum absolute atomic E-state index is 12.3. The van der Waals surface area contributed by atoms with Crippen molar-refractivity contribution in [3.05, 3.63) is 53.9 Å². The smallest absolute Gasteiger partial charge is 0.254 e. The molecule has 1 aromatic carbocycles. The fourth-order valence-corrected chi connectivity index (χ4v) is 4.67. The standard InChI is InChI=1S/C26H33N5O4/c1-26(2,33)25(32)31-13-11-30(12-14-31)10-8-19-17-34-23-15-20(4-5-21(19)23)35-24-6-3-18(16-27-24)22-7-9-28-29-22/h3-6,15-17,22,28-29,33H,7-14H2,1-2H3. The first-order valence-electron chi connectivity index (χ1n) is 12.2. The van der Waals surface area contributed by atoms with E-state index >= 15 is 0 Å². The van der Waals surface area contributed by atoms with E-state index in [-0.39, 0.29) is 11.9 Å². The number of rotatable bonds is 7. The van der Waals surface area contributed by atoms with Crippen molar-refractivity contribution in [3.8, 4) is 11.6 Å². The first-order valence-corrected chi connectivity index (χ1v) is 12.2. The third-order valence-corrected chi connectivity index (χ3v) is 6.73. The van der Waals surface area contributed by atoms with Crippen LogP contribution in [0.25, 0.3) is 11.0 Å². The van der Waals surface area contributed by atoms with E-state index in [0.717, 1.165) is 61.1 Å². The molecule has 9 heteroatoms. The molecule has 2 aliphatic rings. The Morgan fingerprint density at radius 2 is 2.06 bits per heavy atom. The van der Waals surface area contributed by atoms with Crippen molar-refractivity contribution in [1.82, 2.24) is 25.6 Å². The number of hydrazine groups is 1. The summed E-state index contributed by atoms with van der Waals surface area (Å²) in [5.41, 5.74) is 8.14. The van der Waals surface area contributed by atoms with Gasteiger partial charge in [-0.25, -0.2) is 4.98 Å². The van der Waals surface area contributed by atoms with Crippen molar-refractivity contribution in [2.24, 2.45) is 0 Å². The fourth-order valence-electron chi connectivity index (χ4n) is 4.67. The molecular formula is C26H33N5O4. The number of ether oxygens (including phenoxy) is 1. The Kier molecular flexibility index (Phi) is 6.75. The molecule has 3 aromatic rings. The second-order valence-corrected chi connectivity index (χ2v) is 9.81. The SMILES string of the molecule is CC(C)(O)C(=O)N1CCN(CCc2coc3cc(Oc4ccc(C5CCNN5)cn4)ccc23)CC1. The molecule has 0 bridgehead atoms. The van der Waals surface area contributed by atoms with Gasteiger partial charge in [-0.2, -0.15) is 0 Å². The van der Waals surface area contributed by atoms with Crippen LogP contribution in [0, 0.1) is 0 Å². The molecule has 2 aliphatic heterocycles. The van der Waals surface area contributed by atoms with Gasteiger partial charge in [-0.15, -0.1) is 0 Å². The van der Waals surface area contributed by atoms with Gasteiger partial charge in [0.2, 0.25) is 5.88 Å². The van der Waals surface area contributed by atoms with Crippen molar-refractivity contribution in [2.75, 3.05) is 39.3 Å². The molecule has 0 radical (unpaired) electrons. The number of aromatic nitrogens is 1. The largest absolute Gasteiger partial charge is 0.464 e. The Balaban J connectivity index is 1.15. The van der Waals surface area contributed by atoms with Crippen molar-refractivity contribution >= 4 is 16.9 Å². The zero-order valence-corrected chi connectivity index (χ0v) is 20.3. The van der Waals surface area contributed by atoms with Crippen molar-refractivity contribution in [3.63, 3.8) is 0 Å². The molecule has 1 atom stereocenters. The van der Waals surface area contributed by atoms with Crippen molar-refractivity contribution in [1.29, 1.82) is 0 Å². The highest BCUT2D eigenvalue weighted by atomic mass is 16.5. The number of nitrogens with zero attached hydrogens (tertiary/aromatic N) is 3. The number of piperazine rings is 1. The fraction of sp³-hybridized carbons (Fsp3) is 0.462. The maximum atomic E-state index is 12.3. The van der Waals surface area contributed by atoms with Crippen LogP contribution in [-0.2, 0) is 11.2 Å². The number of carbonyl (C=O) groups excluding carboxylic acids is 1. The molecule has 3 N–H and O–H groups in total. The first-order chi connectivity index (χ1) is 16.9. The van der Waals surface area contributed by atoms with E-state index < -0.39 is 5.60 Å². The number of carbonyl (C=O) groups is 1. The van der Waals surface area contributed by atoms with Gasteiger partial charge in [-0.1, -0.05) is 6.07 Å². The number of hydrogen-bond acceptors (Lipinski definition) is 8. The lowest BCUT2D eigenvalue weighted by Gasteiger charge is -2.37. The molecular weight excluding hydrogens is 446 g/mol. The molecule has 1 amide bonds. The molecule has 0 aliphatic carbocycles. The van der Waals surface area contributed by atoms with Gasteiger partial charge in [-0.05, 0) is 49.9 Å². The summed E-state index contributed by atoms with van der Waals surface area (Å²) < 4.78 is 11.8.